The van der Waals surface area contributed by atoms with E-state index in [9.17, 15) is 17.6 Å². The molecule has 0 saturated carbocycles. The van der Waals surface area contributed by atoms with Gasteiger partial charge in [0, 0.05) is 24.3 Å². The lowest BCUT2D eigenvalue weighted by Crippen LogP contribution is -2.40. The van der Waals surface area contributed by atoms with E-state index < -0.39 is 15.8 Å². The second-order valence-electron chi connectivity index (χ2n) is 6.00. The number of benzene rings is 2. The second-order valence-corrected chi connectivity index (χ2v) is 7.65. The van der Waals surface area contributed by atoms with Gasteiger partial charge in [-0.25, -0.2) is 12.8 Å². The summed E-state index contributed by atoms with van der Waals surface area (Å²) in [5, 5.41) is 0. The van der Waals surface area contributed by atoms with E-state index in [-0.39, 0.29) is 16.5 Å². The van der Waals surface area contributed by atoms with E-state index in [4.69, 9.17) is 4.74 Å². The Kier molecular flexibility index (Phi) is 5.24. The third kappa shape index (κ3) is 4.03. The first-order valence-corrected chi connectivity index (χ1v) is 9.61. The van der Waals surface area contributed by atoms with Crippen molar-refractivity contribution in [3.63, 3.8) is 0 Å². The Labute approximate surface area is 151 Å². The molecule has 1 aliphatic rings. The number of hydrogen-bond acceptors (Lipinski definition) is 4. The Morgan fingerprint density at radius 2 is 1.77 bits per heavy atom. The van der Waals surface area contributed by atoms with Gasteiger partial charge in [0.25, 0.3) is 15.9 Å². The van der Waals surface area contributed by atoms with Crippen LogP contribution >= 0.6 is 0 Å². The first-order valence-electron chi connectivity index (χ1n) is 8.13. The Bertz CT molecular complexity index is 907. The molecule has 0 aliphatic carbocycles. The van der Waals surface area contributed by atoms with Gasteiger partial charge in [-0.1, -0.05) is 6.07 Å². The molecule has 2 aromatic rings. The molecular formula is C18H19FN2O4S. The Morgan fingerprint density at radius 3 is 2.42 bits per heavy atom. The lowest BCUT2D eigenvalue weighted by atomic mass is 10.1. The molecule has 1 amide bonds. The summed E-state index contributed by atoms with van der Waals surface area (Å²) in [7, 11) is -3.91. The molecule has 138 valence electrons. The number of sulfonamides is 1. The highest BCUT2D eigenvalue weighted by molar-refractivity contribution is 7.92. The van der Waals surface area contributed by atoms with E-state index in [0.717, 1.165) is 0 Å². The minimum atomic E-state index is -3.91. The smallest absolute Gasteiger partial charge is 0.262 e. The van der Waals surface area contributed by atoms with Gasteiger partial charge in [0.15, 0.2) is 0 Å². The summed E-state index contributed by atoms with van der Waals surface area (Å²) < 4.78 is 46.1. The average Bonchev–Trinajstić information content (AvgIpc) is 2.64. The molecule has 0 radical (unpaired) electrons. The molecule has 1 N–H and O–H groups in total. The number of halogens is 1. The van der Waals surface area contributed by atoms with Crippen molar-refractivity contribution in [2.45, 2.75) is 11.8 Å². The van der Waals surface area contributed by atoms with Gasteiger partial charge in [-0.15, -0.1) is 0 Å². The van der Waals surface area contributed by atoms with Crippen LogP contribution in [-0.2, 0) is 14.8 Å². The molecule has 26 heavy (non-hydrogen) atoms. The van der Waals surface area contributed by atoms with Crippen molar-refractivity contribution in [3.8, 4) is 0 Å². The molecule has 1 aliphatic heterocycles. The third-order valence-corrected chi connectivity index (χ3v) is 5.64. The largest absolute Gasteiger partial charge is 0.378 e. The number of carbonyl (C=O) groups excluding carboxylic acids is 1. The third-order valence-electron chi connectivity index (χ3n) is 4.12. The predicted molar refractivity (Wildman–Crippen MR) is 95.1 cm³/mol. The molecule has 0 aromatic heterocycles. The van der Waals surface area contributed by atoms with E-state index in [1.807, 2.05) is 0 Å². The monoisotopic (exact) mass is 378 g/mol. The fourth-order valence-electron chi connectivity index (χ4n) is 2.70. The maximum Gasteiger partial charge on any atom is 0.262 e. The summed E-state index contributed by atoms with van der Waals surface area (Å²) in [4.78, 5) is 14.3. The second kappa shape index (κ2) is 7.43. The molecule has 3 rings (SSSR count). The van der Waals surface area contributed by atoms with Crippen molar-refractivity contribution < 1.29 is 22.3 Å². The van der Waals surface area contributed by atoms with Crippen molar-refractivity contribution in [1.29, 1.82) is 0 Å². The van der Waals surface area contributed by atoms with Gasteiger partial charge in [-0.05, 0) is 48.9 Å². The maximum absolute atomic E-state index is 13.0. The molecule has 0 bridgehead atoms. The molecule has 2 aromatic carbocycles. The van der Waals surface area contributed by atoms with Crippen molar-refractivity contribution in [1.82, 2.24) is 4.90 Å². The van der Waals surface area contributed by atoms with Crippen LogP contribution in [0.3, 0.4) is 0 Å². The van der Waals surface area contributed by atoms with Crippen LogP contribution < -0.4 is 4.72 Å². The van der Waals surface area contributed by atoms with Crippen LogP contribution in [0.1, 0.15) is 15.9 Å². The molecule has 1 heterocycles. The quantitative estimate of drug-likeness (QED) is 0.887. The topological polar surface area (TPSA) is 75.7 Å². The normalized spacial score (nSPS) is 14.9. The summed E-state index contributed by atoms with van der Waals surface area (Å²) >= 11 is 0. The van der Waals surface area contributed by atoms with Crippen LogP contribution in [0.2, 0.25) is 0 Å². The van der Waals surface area contributed by atoms with Crippen LogP contribution in [0.5, 0.6) is 0 Å². The predicted octanol–water partition coefficient (Wildman–Crippen LogP) is 2.41. The summed E-state index contributed by atoms with van der Waals surface area (Å²) in [5.41, 5.74) is 1.06. The van der Waals surface area contributed by atoms with Crippen molar-refractivity contribution in [3.05, 3.63) is 59.4 Å². The highest BCUT2D eigenvalue weighted by Crippen LogP contribution is 2.22. The number of ether oxygens (including phenoxy) is 1. The first-order chi connectivity index (χ1) is 12.4. The molecular weight excluding hydrogens is 359 g/mol. The summed E-state index contributed by atoms with van der Waals surface area (Å²) in [6.07, 6.45) is 0. The number of anilines is 1. The summed E-state index contributed by atoms with van der Waals surface area (Å²) in [5.74, 6) is -0.686. The molecule has 6 nitrogen and oxygen atoms in total. The van der Waals surface area contributed by atoms with E-state index in [1.54, 1.807) is 24.0 Å². The minimum absolute atomic E-state index is 0.0148. The van der Waals surface area contributed by atoms with E-state index in [1.165, 1.54) is 30.3 Å². The zero-order valence-corrected chi connectivity index (χ0v) is 15.1. The fourth-order valence-corrected chi connectivity index (χ4v) is 4.03. The van der Waals surface area contributed by atoms with Crippen molar-refractivity contribution in [2.75, 3.05) is 31.0 Å². The number of nitrogens with zero attached hydrogens (tertiary/aromatic N) is 1. The summed E-state index contributed by atoms with van der Waals surface area (Å²) in [6, 6.07) is 9.61. The molecule has 1 saturated heterocycles. The van der Waals surface area contributed by atoms with Crippen molar-refractivity contribution in [2.24, 2.45) is 0 Å². The Balaban J connectivity index is 1.88. The van der Waals surface area contributed by atoms with Gasteiger partial charge in [0.2, 0.25) is 0 Å². The molecule has 8 heteroatoms. The van der Waals surface area contributed by atoms with Gasteiger partial charge in [-0.3, -0.25) is 9.52 Å². The van der Waals surface area contributed by atoms with Crippen molar-refractivity contribution >= 4 is 21.6 Å². The highest BCUT2D eigenvalue weighted by Gasteiger charge is 2.23. The maximum atomic E-state index is 13.0. The minimum Gasteiger partial charge on any atom is -0.378 e. The number of hydrogen-bond donors (Lipinski definition) is 1. The van der Waals surface area contributed by atoms with Gasteiger partial charge in [0.1, 0.15) is 5.82 Å². The molecule has 0 atom stereocenters. The lowest BCUT2D eigenvalue weighted by Gasteiger charge is -2.27. The van der Waals surface area contributed by atoms with Gasteiger partial charge in [-0.2, -0.15) is 0 Å². The highest BCUT2D eigenvalue weighted by atomic mass is 32.2. The number of amides is 1. The number of rotatable bonds is 4. The Hall–Kier alpha value is -2.45. The first kappa shape index (κ1) is 18.3. The van der Waals surface area contributed by atoms with Gasteiger partial charge in [0.05, 0.1) is 18.1 Å². The number of aryl methyl sites for hydroxylation is 1. The van der Waals surface area contributed by atoms with Crippen LogP contribution in [-0.4, -0.2) is 45.5 Å². The van der Waals surface area contributed by atoms with Crippen LogP contribution in [0.4, 0.5) is 10.1 Å². The summed E-state index contributed by atoms with van der Waals surface area (Å²) in [6.45, 7) is 3.54. The van der Waals surface area contributed by atoms with Crippen LogP contribution in [0.25, 0.3) is 0 Å². The number of carbonyl (C=O) groups is 1. The zero-order valence-electron chi connectivity index (χ0n) is 14.2. The van der Waals surface area contributed by atoms with Gasteiger partial charge >= 0.3 is 0 Å². The van der Waals surface area contributed by atoms with E-state index >= 15 is 0 Å². The lowest BCUT2D eigenvalue weighted by molar-refractivity contribution is 0.0302. The molecule has 1 fully saturated rings. The SMILES string of the molecule is Cc1ccc(C(=O)N2CCOCC2)cc1S(=O)(=O)Nc1ccc(F)cc1. The fraction of sp³-hybridized carbons (Fsp3) is 0.278. The molecule has 0 unspecified atom stereocenters. The number of morpholine rings is 1. The Morgan fingerprint density at radius 1 is 1.12 bits per heavy atom. The zero-order chi connectivity index (χ0) is 18.7. The van der Waals surface area contributed by atoms with Crippen LogP contribution in [0.15, 0.2) is 47.4 Å². The van der Waals surface area contributed by atoms with E-state index in [0.29, 0.717) is 37.4 Å². The van der Waals surface area contributed by atoms with E-state index in [2.05, 4.69) is 4.72 Å². The standard InChI is InChI=1S/C18H19FN2O4S/c1-13-2-3-14(18(22)21-8-10-25-11-9-21)12-17(13)26(23,24)20-16-6-4-15(19)5-7-16/h2-7,12,20H,8-11H2,1H3. The van der Waals surface area contributed by atoms with Gasteiger partial charge < -0.3 is 9.64 Å². The average molecular weight is 378 g/mol. The van der Waals surface area contributed by atoms with Crippen LogP contribution in [0, 0.1) is 12.7 Å². The number of nitrogens with one attached hydrogen (secondary N) is 1. The molecule has 0 spiro atoms.